The van der Waals surface area contributed by atoms with Crippen LogP contribution in [0.3, 0.4) is 0 Å². The first-order chi connectivity index (χ1) is 11.0. The van der Waals surface area contributed by atoms with Gasteiger partial charge >= 0.3 is 0 Å². The topological polar surface area (TPSA) is 71.4 Å². The fraction of sp³-hybridized carbons (Fsp3) is 0.375. The Hall–Kier alpha value is -2.15. The van der Waals surface area contributed by atoms with Crippen molar-refractivity contribution in [2.45, 2.75) is 13.8 Å². The minimum atomic E-state index is -0.0734. The second-order valence-corrected chi connectivity index (χ2v) is 5.70. The SMILES string of the molecule is CCN=C1S/C(=C/c2cc(OC)c(O)c(OC)c2)C(=O)N1CC. The lowest BCUT2D eigenvalue weighted by Gasteiger charge is -2.11. The maximum atomic E-state index is 12.4. The Labute approximate surface area is 139 Å². The van der Waals surface area contributed by atoms with E-state index in [1.807, 2.05) is 13.8 Å². The summed E-state index contributed by atoms with van der Waals surface area (Å²) in [6.45, 7) is 5.05. The Morgan fingerprint density at radius 1 is 1.26 bits per heavy atom. The molecule has 1 aliphatic heterocycles. The molecule has 23 heavy (non-hydrogen) atoms. The molecule has 1 heterocycles. The summed E-state index contributed by atoms with van der Waals surface area (Å²) < 4.78 is 10.3. The van der Waals surface area contributed by atoms with Crippen LogP contribution in [-0.4, -0.2) is 48.4 Å². The van der Waals surface area contributed by atoms with Crippen molar-refractivity contribution in [1.82, 2.24) is 4.90 Å². The fourth-order valence-corrected chi connectivity index (χ4v) is 3.29. The minimum Gasteiger partial charge on any atom is -0.502 e. The molecule has 0 unspecified atom stereocenters. The molecule has 7 heteroatoms. The van der Waals surface area contributed by atoms with Gasteiger partial charge in [-0.15, -0.1) is 0 Å². The normalized spacial score (nSPS) is 18.1. The first kappa shape index (κ1) is 17.2. The summed E-state index contributed by atoms with van der Waals surface area (Å²) in [5.74, 6) is 0.449. The van der Waals surface area contributed by atoms with E-state index >= 15 is 0 Å². The van der Waals surface area contributed by atoms with Gasteiger partial charge in [-0.2, -0.15) is 0 Å². The summed E-state index contributed by atoms with van der Waals surface area (Å²) in [5, 5.41) is 10.7. The van der Waals surface area contributed by atoms with Crippen LogP contribution in [0.2, 0.25) is 0 Å². The van der Waals surface area contributed by atoms with Gasteiger partial charge in [-0.3, -0.25) is 14.7 Å². The molecule has 1 saturated heterocycles. The number of hydrogen-bond donors (Lipinski definition) is 1. The van der Waals surface area contributed by atoms with Crippen LogP contribution in [0, 0.1) is 0 Å². The van der Waals surface area contributed by atoms with Gasteiger partial charge in [-0.1, -0.05) is 0 Å². The standard InChI is InChI=1S/C16H20N2O4S/c1-5-17-16-18(6-2)15(20)13(23-16)9-10-7-11(21-3)14(19)12(8-10)22-4/h7-9,19H,5-6H2,1-4H3/b13-9+,17-16?. The van der Waals surface area contributed by atoms with Gasteiger partial charge in [0.1, 0.15) is 0 Å². The van der Waals surface area contributed by atoms with E-state index in [4.69, 9.17) is 9.47 Å². The number of amidine groups is 1. The van der Waals surface area contributed by atoms with E-state index in [1.165, 1.54) is 26.0 Å². The molecule has 0 aromatic heterocycles. The predicted molar refractivity (Wildman–Crippen MR) is 92.1 cm³/mol. The van der Waals surface area contributed by atoms with Gasteiger partial charge in [-0.05, 0) is 49.4 Å². The lowest BCUT2D eigenvalue weighted by atomic mass is 10.1. The summed E-state index contributed by atoms with van der Waals surface area (Å²) in [6.07, 6.45) is 1.75. The lowest BCUT2D eigenvalue weighted by molar-refractivity contribution is -0.122. The average molecular weight is 336 g/mol. The molecule has 6 nitrogen and oxygen atoms in total. The summed E-state index contributed by atoms with van der Waals surface area (Å²) in [4.78, 5) is 19.0. The van der Waals surface area contributed by atoms with Crippen molar-refractivity contribution in [3.8, 4) is 17.2 Å². The smallest absolute Gasteiger partial charge is 0.266 e. The van der Waals surface area contributed by atoms with Gasteiger partial charge in [0.05, 0.1) is 19.1 Å². The van der Waals surface area contributed by atoms with Gasteiger partial charge in [0.15, 0.2) is 16.7 Å². The maximum absolute atomic E-state index is 12.4. The number of thioether (sulfide) groups is 1. The molecule has 1 N–H and O–H groups in total. The average Bonchev–Trinajstić information content (AvgIpc) is 2.84. The minimum absolute atomic E-state index is 0.0639. The van der Waals surface area contributed by atoms with Crippen LogP contribution >= 0.6 is 11.8 Å². The highest BCUT2D eigenvalue weighted by Gasteiger charge is 2.31. The molecule has 1 amide bonds. The molecule has 2 rings (SSSR count). The zero-order valence-electron chi connectivity index (χ0n) is 13.6. The van der Waals surface area contributed by atoms with Gasteiger partial charge in [0, 0.05) is 13.1 Å². The molecule has 1 aromatic carbocycles. The summed E-state index contributed by atoms with van der Waals surface area (Å²) in [6, 6.07) is 3.31. The number of ether oxygens (including phenoxy) is 2. The number of aliphatic imine (C=N–C) groups is 1. The van der Waals surface area contributed by atoms with E-state index in [0.29, 0.717) is 40.2 Å². The van der Waals surface area contributed by atoms with Gasteiger partial charge in [-0.25, -0.2) is 0 Å². The second kappa shape index (κ2) is 7.41. The molecule has 0 spiro atoms. The number of carbonyl (C=O) groups excluding carboxylic acids is 1. The molecule has 0 bridgehead atoms. The van der Waals surface area contributed by atoms with Crippen molar-refractivity contribution in [2.75, 3.05) is 27.3 Å². The van der Waals surface area contributed by atoms with E-state index in [2.05, 4.69) is 4.99 Å². The van der Waals surface area contributed by atoms with Crippen molar-refractivity contribution in [3.05, 3.63) is 22.6 Å². The highest BCUT2D eigenvalue weighted by molar-refractivity contribution is 8.18. The molecular formula is C16H20N2O4S. The third-order valence-corrected chi connectivity index (χ3v) is 4.34. The quantitative estimate of drug-likeness (QED) is 0.837. The van der Waals surface area contributed by atoms with Crippen LogP contribution in [0.4, 0.5) is 0 Å². The second-order valence-electron chi connectivity index (χ2n) is 4.69. The number of benzene rings is 1. The predicted octanol–water partition coefficient (Wildman–Crippen LogP) is 2.72. The molecule has 1 fully saturated rings. The Morgan fingerprint density at radius 2 is 1.87 bits per heavy atom. The van der Waals surface area contributed by atoms with Crippen LogP contribution in [0.1, 0.15) is 19.4 Å². The van der Waals surface area contributed by atoms with E-state index < -0.39 is 0 Å². The monoisotopic (exact) mass is 336 g/mol. The number of rotatable bonds is 5. The van der Waals surface area contributed by atoms with E-state index in [-0.39, 0.29) is 11.7 Å². The van der Waals surface area contributed by atoms with Crippen LogP contribution in [0.5, 0.6) is 17.2 Å². The van der Waals surface area contributed by atoms with E-state index in [0.717, 1.165) is 0 Å². The van der Waals surface area contributed by atoms with Crippen molar-refractivity contribution >= 4 is 28.9 Å². The molecule has 0 atom stereocenters. The number of carbonyl (C=O) groups is 1. The number of aromatic hydroxyl groups is 1. The zero-order chi connectivity index (χ0) is 17.0. The van der Waals surface area contributed by atoms with Crippen molar-refractivity contribution in [1.29, 1.82) is 0 Å². The molecule has 1 aromatic rings. The highest BCUT2D eigenvalue weighted by Crippen LogP contribution is 2.39. The first-order valence-corrected chi connectivity index (χ1v) is 8.08. The van der Waals surface area contributed by atoms with Crippen molar-refractivity contribution in [2.24, 2.45) is 4.99 Å². The molecule has 0 radical (unpaired) electrons. The summed E-state index contributed by atoms with van der Waals surface area (Å²) in [7, 11) is 2.93. The summed E-state index contributed by atoms with van der Waals surface area (Å²) in [5.41, 5.74) is 0.709. The first-order valence-electron chi connectivity index (χ1n) is 7.26. The Bertz CT molecular complexity index is 645. The van der Waals surface area contributed by atoms with E-state index in [9.17, 15) is 9.90 Å². The highest BCUT2D eigenvalue weighted by atomic mass is 32.2. The number of methoxy groups -OCH3 is 2. The van der Waals surface area contributed by atoms with Crippen LogP contribution in [0.15, 0.2) is 22.0 Å². The molecule has 1 aliphatic rings. The number of likely N-dealkylation sites (N-methyl/N-ethyl adjacent to an activating group) is 1. The third kappa shape index (κ3) is 3.44. The fourth-order valence-electron chi connectivity index (χ4n) is 2.19. The number of phenols is 1. The Kier molecular flexibility index (Phi) is 5.54. The van der Waals surface area contributed by atoms with E-state index in [1.54, 1.807) is 23.1 Å². The largest absolute Gasteiger partial charge is 0.502 e. The van der Waals surface area contributed by atoms with Gasteiger partial charge in [0.25, 0.3) is 5.91 Å². The van der Waals surface area contributed by atoms with Gasteiger partial charge in [0.2, 0.25) is 5.75 Å². The number of amides is 1. The van der Waals surface area contributed by atoms with Gasteiger partial charge < -0.3 is 14.6 Å². The van der Waals surface area contributed by atoms with Crippen molar-refractivity contribution < 1.29 is 19.4 Å². The van der Waals surface area contributed by atoms with Crippen LogP contribution in [-0.2, 0) is 4.79 Å². The Balaban J connectivity index is 2.42. The van der Waals surface area contributed by atoms with Crippen molar-refractivity contribution in [3.63, 3.8) is 0 Å². The summed E-state index contributed by atoms with van der Waals surface area (Å²) >= 11 is 1.35. The maximum Gasteiger partial charge on any atom is 0.266 e. The zero-order valence-corrected chi connectivity index (χ0v) is 14.4. The lowest BCUT2D eigenvalue weighted by Crippen LogP contribution is -2.28. The van der Waals surface area contributed by atoms with Crippen LogP contribution < -0.4 is 9.47 Å². The molecule has 124 valence electrons. The molecule has 0 saturated carbocycles. The number of nitrogens with zero attached hydrogens (tertiary/aromatic N) is 2. The Morgan fingerprint density at radius 3 is 2.35 bits per heavy atom. The van der Waals surface area contributed by atoms with Crippen LogP contribution in [0.25, 0.3) is 6.08 Å². The number of phenolic OH excluding ortho intramolecular Hbond substituents is 1. The number of hydrogen-bond acceptors (Lipinski definition) is 6. The molecule has 0 aliphatic carbocycles. The molecular weight excluding hydrogens is 316 g/mol. The third-order valence-electron chi connectivity index (χ3n) is 3.30.